The van der Waals surface area contributed by atoms with E-state index in [1.54, 1.807) is 12.1 Å². The largest absolute Gasteiger partial charge is 0.313 e. The molecular formula is C16H21N5O2. The first-order valence-corrected chi connectivity index (χ1v) is 7.95. The molecule has 0 aliphatic heterocycles. The topological polar surface area (TPSA) is 77.1 Å². The molecule has 3 rings (SSSR count). The first kappa shape index (κ1) is 15.5. The van der Waals surface area contributed by atoms with E-state index in [-0.39, 0.29) is 10.6 Å². The number of nitro groups is 1. The highest BCUT2D eigenvalue weighted by Crippen LogP contribution is 2.33. The maximum absolute atomic E-state index is 10.9. The lowest BCUT2D eigenvalue weighted by Gasteiger charge is -2.22. The molecule has 0 radical (unpaired) electrons. The summed E-state index contributed by atoms with van der Waals surface area (Å²) in [6, 6.07) is 6.56. The van der Waals surface area contributed by atoms with Crippen molar-refractivity contribution in [3.05, 3.63) is 40.2 Å². The summed E-state index contributed by atoms with van der Waals surface area (Å²) in [5.41, 5.74) is 0.800. The van der Waals surface area contributed by atoms with E-state index in [1.807, 2.05) is 29.6 Å². The van der Waals surface area contributed by atoms with Crippen LogP contribution in [-0.4, -0.2) is 26.7 Å². The molecule has 1 aliphatic rings. The zero-order valence-corrected chi connectivity index (χ0v) is 13.5. The molecule has 0 unspecified atom stereocenters. The Morgan fingerprint density at radius 2 is 2.00 bits per heavy atom. The molecule has 0 N–H and O–H groups in total. The van der Waals surface area contributed by atoms with Crippen LogP contribution in [0.15, 0.2) is 24.3 Å². The van der Waals surface area contributed by atoms with Crippen molar-refractivity contribution in [2.75, 3.05) is 11.9 Å². The lowest BCUT2D eigenvalue weighted by Crippen LogP contribution is -2.16. The van der Waals surface area contributed by atoms with E-state index in [9.17, 15) is 10.1 Å². The van der Waals surface area contributed by atoms with Gasteiger partial charge in [-0.1, -0.05) is 25.3 Å². The Bertz CT molecular complexity index is 706. The highest BCUT2D eigenvalue weighted by molar-refractivity contribution is 5.60. The lowest BCUT2D eigenvalue weighted by atomic mass is 9.89. The van der Waals surface area contributed by atoms with Crippen LogP contribution in [0.4, 0.5) is 17.3 Å². The van der Waals surface area contributed by atoms with Crippen molar-refractivity contribution in [3.8, 4) is 0 Å². The van der Waals surface area contributed by atoms with Gasteiger partial charge in [-0.15, -0.1) is 10.2 Å². The fourth-order valence-electron chi connectivity index (χ4n) is 3.27. The van der Waals surface area contributed by atoms with Crippen LogP contribution >= 0.6 is 0 Å². The molecule has 0 amide bonds. The summed E-state index contributed by atoms with van der Waals surface area (Å²) in [4.78, 5) is 12.4. The van der Waals surface area contributed by atoms with E-state index in [1.165, 1.54) is 25.3 Å². The van der Waals surface area contributed by atoms with Crippen molar-refractivity contribution in [1.82, 2.24) is 14.8 Å². The number of hydrogen-bond donors (Lipinski definition) is 0. The van der Waals surface area contributed by atoms with Crippen molar-refractivity contribution in [1.29, 1.82) is 0 Å². The minimum atomic E-state index is -0.387. The normalized spacial score (nSPS) is 15.6. The molecule has 1 aromatic heterocycles. The highest BCUT2D eigenvalue weighted by Gasteiger charge is 2.23. The van der Waals surface area contributed by atoms with Gasteiger partial charge < -0.3 is 4.90 Å². The molecule has 0 bridgehead atoms. The number of rotatable bonds is 4. The fourth-order valence-corrected chi connectivity index (χ4v) is 3.27. The summed E-state index contributed by atoms with van der Waals surface area (Å²) >= 11 is 0. The Balaban J connectivity index is 1.88. The predicted molar refractivity (Wildman–Crippen MR) is 88.0 cm³/mol. The molecule has 7 heteroatoms. The Kier molecular flexibility index (Phi) is 4.27. The summed E-state index contributed by atoms with van der Waals surface area (Å²) in [7, 11) is 3.82. The number of aromatic nitrogens is 3. The van der Waals surface area contributed by atoms with Gasteiger partial charge in [-0.25, -0.2) is 0 Å². The Hall–Kier alpha value is -2.44. The number of non-ortho nitro benzene ring substituents is 1. The summed E-state index contributed by atoms with van der Waals surface area (Å²) in [6.07, 6.45) is 6.11. The van der Waals surface area contributed by atoms with Gasteiger partial charge in [0.15, 0.2) is 0 Å². The summed E-state index contributed by atoms with van der Waals surface area (Å²) in [5.74, 6) is 2.18. The van der Waals surface area contributed by atoms with Crippen LogP contribution in [0.25, 0.3) is 0 Å². The maximum Gasteiger partial charge on any atom is 0.271 e. The first-order chi connectivity index (χ1) is 11.1. The van der Waals surface area contributed by atoms with Crippen LogP contribution < -0.4 is 4.90 Å². The Labute approximate surface area is 135 Å². The molecule has 1 aliphatic carbocycles. The van der Waals surface area contributed by atoms with Crippen LogP contribution in [0.1, 0.15) is 43.8 Å². The first-order valence-electron chi connectivity index (χ1n) is 7.95. The van der Waals surface area contributed by atoms with E-state index < -0.39 is 0 Å². The van der Waals surface area contributed by atoms with Crippen molar-refractivity contribution in [3.63, 3.8) is 0 Å². The molecule has 7 nitrogen and oxygen atoms in total. The van der Waals surface area contributed by atoms with Gasteiger partial charge in [0.05, 0.1) is 10.6 Å². The number of benzene rings is 1. The summed E-state index contributed by atoms with van der Waals surface area (Å²) in [6.45, 7) is 0. The van der Waals surface area contributed by atoms with Crippen LogP contribution in [0.2, 0.25) is 0 Å². The van der Waals surface area contributed by atoms with Gasteiger partial charge in [0.2, 0.25) is 5.95 Å². The molecule has 2 aromatic rings. The highest BCUT2D eigenvalue weighted by atomic mass is 16.6. The fraction of sp³-hybridized carbons (Fsp3) is 0.500. The SMILES string of the molecule is CN(c1cccc([N+](=O)[O-])c1)c1nnc(C2CCCCC2)n1C. The van der Waals surface area contributed by atoms with Gasteiger partial charge in [0.25, 0.3) is 5.69 Å². The van der Waals surface area contributed by atoms with Crippen LogP contribution in [0.5, 0.6) is 0 Å². The molecule has 122 valence electrons. The third-order valence-electron chi connectivity index (χ3n) is 4.58. The standard InChI is InChI=1S/C16H21N5O2/c1-19(13-9-6-10-14(11-13)21(22)23)16-18-17-15(20(16)2)12-7-4-3-5-8-12/h6,9-12H,3-5,7-8H2,1-2H3. The van der Waals surface area contributed by atoms with Gasteiger partial charge in [-0.05, 0) is 18.9 Å². The molecular weight excluding hydrogens is 294 g/mol. The van der Waals surface area contributed by atoms with Gasteiger partial charge in [-0.2, -0.15) is 0 Å². The number of nitrogens with zero attached hydrogens (tertiary/aromatic N) is 5. The second-order valence-corrected chi connectivity index (χ2v) is 6.09. The van der Waals surface area contributed by atoms with Crippen LogP contribution in [0, 0.1) is 10.1 Å². The molecule has 1 heterocycles. The van der Waals surface area contributed by atoms with Crippen molar-refractivity contribution >= 4 is 17.3 Å². The predicted octanol–water partition coefficient (Wildman–Crippen LogP) is 3.54. The van der Waals surface area contributed by atoms with E-state index in [0.717, 1.165) is 24.4 Å². The molecule has 1 aromatic carbocycles. The van der Waals surface area contributed by atoms with Crippen LogP contribution in [-0.2, 0) is 7.05 Å². The van der Waals surface area contributed by atoms with E-state index in [0.29, 0.717) is 11.9 Å². The van der Waals surface area contributed by atoms with Crippen molar-refractivity contribution in [2.24, 2.45) is 7.05 Å². The second kappa shape index (κ2) is 6.36. The van der Waals surface area contributed by atoms with Gasteiger partial charge in [0.1, 0.15) is 5.82 Å². The van der Waals surface area contributed by atoms with Crippen molar-refractivity contribution in [2.45, 2.75) is 38.0 Å². The molecule has 0 spiro atoms. The zero-order valence-electron chi connectivity index (χ0n) is 13.5. The molecule has 0 atom stereocenters. The van der Waals surface area contributed by atoms with Crippen LogP contribution in [0.3, 0.4) is 0 Å². The Morgan fingerprint density at radius 3 is 2.70 bits per heavy atom. The average Bonchev–Trinajstić information content (AvgIpc) is 2.96. The summed E-state index contributed by atoms with van der Waals surface area (Å²) in [5, 5.41) is 19.6. The minimum absolute atomic E-state index is 0.0732. The quantitative estimate of drug-likeness (QED) is 0.637. The number of hydrogen-bond acceptors (Lipinski definition) is 5. The van der Waals surface area contributed by atoms with E-state index in [2.05, 4.69) is 10.2 Å². The lowest BCUT2D eigenvalue weighted by molar-refractivity contribution is -0.384. The second-order valence-electron chi connectivity index (χ2n) is 6.09. The third-order valence-corrected chi connectivity index (χ3v) is 4.58. The monoisotopic (exact) mass is 315 g/mol. The molecule has 0 saturated heterocycles. The maximum atomic E-state index is 10.9. The third kappa shape index (κ3) is 3.04. The van der Waals surface area contributed by atoms with E-state index in [4.69, 9.17) is 0 Å². The number of nitro benzene ring substituents is 1. The van der Waals surface area contributed by atoms with Gasteiger partial charge in [0, 0.05) is 32.1 Å². The Morgan fingerprint density at radius 1 is 1.26 bits per heavy atom. The molecule has 23 heavy (non-hydrogen) atoms. The zero-order chi connectivity index (χ0) is 16.4. The van der Waals surface area contributed by atoms with E-state index >= 15 is 0 Å². The van der Waals surface area contributed by atoms with Gasteiger partial charge >= 0.3 is 0 Å². The minimum Gasteiger partial charge on any atom is -0.313 e. The molecule has 1 fully saturated rings. The van der Waals surface area contributed by atoms with Gasteiger partial charge in [-0.3, -0.25) is 14.7 Å². The molecule has 1 saturated carbocycles. The smallest absolute Gasteiger partial charge is 0.271 e. The summed E-state index contributed by atoms with van der Waals surface area (Å²) < 4.78 is 2.01. The number of anilines is 2. The average molecular weight is 315 g/mol. The van der Waals surface area contributed by atoms with Crippen molar-refractivity contribution < 1.29 is 4.92 Å².